The van der Waals surface area contributed by atoms with Crippen LogP contribution >= 0.6 is 24.4 Å². The first-order chi connectivity index (χ1) is 10.6. The van der Waals surface area contributed by atoms with Gasteiger partial charge in [0.2, 0.25) is 0 Å². The number of hydrogen-bond acceptors (Lipinski definition) is 2. The van der Waals surface area contributed by atoms with Crippen molar-refractivity contribution in [3.63, 3.8) is 0 Å². The molecule has 2 aromatic rings. The highest BCUT2D eigenvalue weighted by molar-refractivity contribution is 7.80. The number of hydrazine groups is 1. The summed E-state index contributed by atoms with van der Waals surface area (Å²) in [5, 5.41) is 11.0. The van der Waals surface area contributed by atoms with Gasteiger partial charge in [0.1, 0.15) is 0 Å². The molecule has 0 aliphatic heterocycles. The average Bonchev–Trinajstić information content (AvgIpc) is 2.55. The van der Waals surface area contributed by atoms with Crippen molar-refractivity contribution in [2.45, 2.75) is 0 Å². The van der Waals surface area contributed by atoms with E-state index >= 15 is 0 Å². The lowest BCUT2D eigenvalue weighted by molar-refractivity contribution is 0.215. The number of hydrogen-bond donors (Lipinski definition) is 2. The van der Waals surface area contributed by atoms with E-state index in [1.807, 2.05) is 74.8 Å². The molecule has 0 radical (unpaired) electrons. The number of para-hydroxylation sites is 2. The second kappa shape index (κ2) is 7.72. The normalized spacial score (nSPS) is 9.73. The molecule has 0 aliphatic carbocycles. The van der Waals surface area contributed by atoms with Gasteiger partial charge in [-0.3, -0.25) is 10.0 Å². The summed E-state index contributed by atoms with van der Waals surface area (Å²) < 4.78 is 0. The largest absolute Gasteiger partial charge is 0.331 e. The molecule has 0 aromatic heterocycles. The smallest absolute Gasteiger partial charge is 0.192 e. The summed E-state index contributed by atoms with van der Waals surface area (Å²) in [5.74, 6) is 0. The first-order valence-corrected chi connectivity index (χ1v) is 7.59. The van der Waals surface area contributed by atoms with Crippen LogP contribution in [0.4, 0.5) is 11.4 Å². The van der Waals surface area contributed by atoms with Crippen molar-refractivity contribution in [2.75, 3.05) is 24.7 Å². The molecule has 2 aromatic carbocycles. The van der Waals surface area contributed by atoms with E-state index in [1.165, 1.54) is 0 Å². The Labute approximate surface area is 141 Å². The van der Waals surface area contributed by atoms with Crippen molar-refractivity contribution in [1.29, 1.82) is 0 Å². The van der Waals surface area contributed by atoms with Crippen molar-refractivity contribution >= 4 is 46.0 Å². The average molecular weight is 330 g/mol. The summed E-state index contributed by atoms with van der Waals surface area (Å²) in [6.07, 6.45) is 0. The minimum absolute atomic E-state index is 0.561. The number of rotatable bonds is 2. The van der Waals surface area contributed by atoms with Crippen molar-refractivity contribution in [2.24, 2.45) is 0 Å². The van der Waals surface area contributed by atoms with Gasteiger partial charge in [0.25, 0.3) is 0 Å². The summed E-state index contributed by atoms with van der Waals surface area (Å²) in [6.45, 7) is 0. The van der Waals surface area contributed by atoms with E-state index < -0.39 is 0 Å². The van der Waals surface area contributed by atoms with Gasteiger partial charge in [0.05, 0.1) is 0 Å². The predicted octanol–water partition coefficient (Wildman–Crippen LogP) is 3.56. The van der Waals surface area contributed by atoms with Crippen molar-refractivity contribution in [3.05, 3.63) is 60.7 Å². The topological polar surface area (TPSA) is 30.5 Å². The molecule has 114 valence electrons. The first kappa shape index (κ1) is 16.2. The SMILES string of the molecule is CN(C(=S)Nc1ccccc1)N(C)C(=S)Nc1ccccc1. The monoisotopic (exact) mass is 330 g/mol. The first-order valence-electron chi connectivity index (χ1n) is 6.77. The van der Waals surface area contributed by atoms with Crippen LogP contribution < -0.4 is 10.6 Å². The van der Waals surface area contributed by atoms with Gasteiger partial charge in [-0.25, -0.2) is 0 Å². The van der Waals surface area contributed by atoms with Crippen LogP contribution in [-0.4, -0.2) is 34.3 Å². The molecule has 0 saturated carbocycles. The molecule has 6 heteroatoms. The van der Waals surface area contributed by atoms with Crippen molar-refractivity contribution in [3.8, 4) is 0 Å². The molecule has 0 bridgehead atoms. The van der Waals surface area contributed by atoms with Gasteiger partial charge in [-0.05, 0) is 48.7 Å². The summed E-state index contributed by atoms with van der Waals surface area (Å²) in [5.41, 5.74) is 1.88. The summed E-state index contributed by atoms with van der Waals surface area (Å²) >= 11 is 10.8. The molecule has 0 aliphatic rings. The Morgan fingerprint density at radius 3 is 1.32 bits per heavy atom. The standard InChI is InChI=1S/C16H18N4S2/c1-19(15(21)17-13-9-5-3-6-10-13)20(2)16(22)18-14-11-7-4-8-12-14/h3-12H,1-2H3,(H,17,21)(H,18,22). The second-order valence-electron chi connectivity index (χ2n) is 4.64. The maximum Gasteiger partial charge on any atom is 0.192 e. The van der Waals surface area contributed by atoms with E-state index in [-0.39, 0.29) is 0 Å². The minimum Gasteiger partial charge on any atom is -0.331 e. The fourth-order valence-electron chi connectivity index (χ4n) is 1.72. The molecule has 0 atom stereocenters. The van der Waals surface area contributed by atoms with E-state index in [1.54, 1.807) is 10.0 Å². The summed E-state index contributed by atoms with van der Waals surface area (Å²) in [6, 6.07) is 19.6. The second-order valence-corrected chi connectivity index (χ2v) is 5.41. The number of nitrogens with zero attached hydrogens (tertiary/aromatic N) is 2. The van der Waals surface area contributed by atoms with Crippen LogP contribution in [-0.2, 0) is 0 Å². The highest BCUT2D eigenvalue weighted by Gasteiger charge is 2.13. The van der Waals surface area contributed by atoms with Gasteiger partial charge in [0.15, 0.2) is 10.2 Å². The minimum atomic E-state index is 0.561. The molecular weight excluding hydrogens is 312 g/mol. The molecule has 0 fully saturated rings. The molecule has 2 rings (SSSR count). The lowest BCUT2D eigenvalue weighted by atomic mass is 10.3. The fourth-order valence-corrected chi connectivity index (χ4v) is 2.20. The van der Waals surface area contributed by atoms with Crippen LogP contribution in [0.3, 0.4) is 0 Å². The third-order valence-electron chi connectivity index (χ3n) is 3.09. The maximum absolute atomic E-state index is 5.40. The highest BCUT2D eigenvalue weighted by atomic mass is 32.1. The molecule has 0 saturated heterocycles. The molecule has 0 unspecified atom stereocenters. The Balaban J connectivity index is 1.94. The van der Waals surface area contributed by atoms with Gasteiger partial charge < -0.3 is 10.6 Å². The molecule has 4 nitrogen and oxygen atoms in total. The van der Waals surface area contributed by atoms with Crippen LogP contribution in [0.5, 0.6) is 0 Å². The highest BCUT2D eigenvalue weighted by Crippen LogP contribution is 2.09. The van der Waals surface area contributed by atoms with Crippen LogP contribution in [0.1, 0.15) is 0 Å². The Morgan fingerprint density at radius 1 is 0.682 bits per heavy atom. The molecular formula is C16H18N4S2. The Kier molecular flexibility index (Phi) is 5.68. The third-order valence-corrected chi connectivity index (χ3v) is 3.82. The van der Waals surface area contributed by atoms with Crippen LogP contribution in [0.2, 0.25) is 0 Å². The third kappa shape index (κ3) is 4.41. The zero-order valence-corrected chi connectivity index (χ0v) is 14.1. The quantitative estimate of drug-likeness (QED) is 0.647. The summed E-state index contributed by atoms with van der Waals surface area (Å²) in [4.78, 5) is 0. The van der Waals surface area contributed by atoms with E-state index in [9.17, 15) is 0 Å². The molecule has 0 heterocycles. The number of benzene rings is 2. The molecule has 2 N–H and O–H groups in total. The lowest BCUT2D eigenvalue weighted by Crippen LogP contribution is -2.48. The van der Waals surface area contributed by atoms with E-state index in [0.29, 0.717) is 10.2 Å². The van der Waals surface area contributed by atoms with E-state index in [4.69, 9.17) is 24.4 Å². The number of nitrogens with one attached hydrogen (secondary N) is 2. The van der Waals surface area contributed by atoms with Gasteiger partial charge in [0, 0.05) is 25.5 Å². The van der Waals surface area contributed by atoms with E-state index in [0.717, 1.165) is 11.4 Å². The van der Waals surface area contributed by atoms with Gasteiger partial charge in [-0.1, -0.05) is 36.4 Å². The van der Waals surface area contributed by atoms with Crippen molar-refractivity contribution in [1.82, 2.24) is 10.0 Å². The maximum atomic E-state index is 5.40. The van der Waals surface area contributed by atoms with Crippen LogP contribution in [0.25, 0.3) is 0 Å². The van der Waals surface area contributed by atoms with Gasteiger partial charge in [-0.15, -0.1) is 0 Å². The predicted molar refractivity (Wildman–Crippen MR) is 101 cm³/mol. The number of thiocarbonyl (C=S) groups is 2. The molecule has 22 heavy (non-hydrogen) atoms. The Bertz CT molecular complexity index is 574. The number of anilines is 2. The van der Waals surface area contributed by atoms with Gasteiger partial charge in [-0.2, -0.15) is 0 Å². The van der Waals surface area contributed by atoms with Crippen molar-refractivity contribution < 1.29 is 0 Å². The summed E-state index contributed by atoms with van der Waals surface area (Å²) in [7, 11) is 3.72. The molecule has 0 spiro atoms. The Hall–Kier alpha value is -2.18. The fraction of sp³-hybridized carbons (Fsp3) is 0.125. The zero-order valence-electron chi connectivity index (χ0n) is 12.5. The Morgan fingerprint density at radius 2 is 1.00 bits per heavy atom. The van der Waals surface area contributed by atoms with Gasteiger partial charge >= 0.3 is 0 Å². The molecule has 0 amide bonds. The lowest BCUT2D eigenvalue weighted by Gasteiger charge is -2.32. The van der Waals surface area contributed by atoms with Crippen LogP contribution in [0, 0.1) is 0 Å². The van der Waals surface area contributed by atoms with Crippen LogP contribution in [0.15, 0.2) is 60.7 Å². The van der Waals surface area contributed by atoms with E-state index in [2.05, 4.69) is 10.6 Å². The zero-order chi connectivity index (χ0) is 15.9.